The molecule has 4 rings (SSSR count). The van der Waals surface area contributed by atoms with E-state index in [0.29, 0.717) is 18.0 Å². The Labute approximate surface area is 179 Å². The van der Waals surface area contributed by atoms with Crippen LogP contribution in [0.5, 0.6) is 0 Å². The predicted molar refractivity (Wildman–Crippen MR) is 119 cm³/mol. The van der Waals surface area contributed by atoms with E-state index in [9.17, 15) is 8.42 Å². The molecule has 0 amide bonds. The molecule has 30 heavy (non-hydrogen) atoms. The summed E-state index contributed by atoms with van der Waals surface area (Å²) < 4.78 is 27.0. The van der Waals surface area contributed by atoms with Gasteiger partial charge in [0.05, 0.1) is 10.6 Å². The summed E-state index contributed by atoms with van der Waals surface area (Å²) in [7, 11) is -1.44. The number of hydrogen-bond donors (Lipinski definition) is 1. The van der Waals surface area contributed by atoms with Crippen molar-refractivity contribution in [2.24, 2.45) is 0 Å². The molecule has 0 saturated carbocycles. The van der Waals surface area contributed by atoms with Gasteiger partial charge in [-0.1, -0.05) is 58.0 Å². The molecule has 2 aliphatic heterocycles. The first kappa shape index (κ1) is 20.9. The Morgan fingerprint density at radius 1 is 1.03 bits per heavy atom. The van der Waals surface area contributed by atoms with Crippen molar-refractivity contribution in [3.8, 4) is 0 Å². The van der Waals surface area contributed by atoms with Gasteiger partial charge in [-0.25, -0.2) is 13.3 Å². The Hall–Kier alpha value is -2.35. The van der Waals surface area contributed by atoms with Crippen molar-refractivity contribution >= 4 is 21.4 Å². The minimum atomic E-state index is -3.47. The lowest BCUT2D eigenvalue weighted by atomic mass is 9.77. The van der Waals surface area contributed by atoms with Gasteiger partial charge in [-0.15, -0.1) is 0 Å². The van der Waals surface area contributed by atoms with E-state index in [1.165, 1.54) is 9.87 Å². The molecule has 0 saturated heterocycles. The number of nitrogens with zero attached hydrogens (tertiary/aromatic N) is 2. The van der Waals surface area contributed by atoms with Crippen LogP contribution < -0.4 is 10.4 Å². The maximum atomic E-state index is 12.7. The topological polar surface area (TPSA) is 61.9 Å². The molecule has 0 fully saturated rings. The molecule has 0 bridgehead atoms. The normalized spacial score (nSPS) is 22.3. The summed E-state index contributed by atoms with van der Waals surface area (Å²) in [6, 6.07) is 15.3. The Balaban J connectivity index is 1.69. The van der Waals surface area contributed by atoms with Gasteiger partial charge in [0.1, 0.15) is 0 Å². The first-order valence-electron chi connectivity index (χ1n) is 10.3. The number of para-hydroxylation sites is 1. The summed E-state index contributed by atoms with van der Waals surface area (Å²) in [5.41, 5.74) is 6.22. The summed E-state index contributed by atoms with van der Waals surface area (Å²) in [6.07, 6.45) is 2.10. The lowest BCUT2D eigenvalue weighted by Gasteiger charge is -2.39. The Morgan fingerprint density at radius 3 is 2.27 bits per heavy atom. The van der Waals surface area contributed by atoms with Crippen LogP contribution in [0.25, 0.3) is 5.70 Å². The van der Waals surface area contributed by atoms with Crippen molar-refractivity contribution < 1.29 is 13.3 Å². The van der Waals surface area contributed by atoms with Gasteiger partial charge in [0, 0.05) is 31.2 Å². The summed E-state index contributed by atoms with van der Waals surface area (Å²) >= 11 is 0. The molecule has 1 spiro atoms. The quantitative estimate of drug-likeness (QED) is 0.788. The minimum absolute atomic E-state index is 0.279. The van der Waals surface area contributed by atoms with Crippen LogP contribution in [0.15, 0.2) is 59.5 Å². The zero-order valence-corrected chi connectivity index (χ0v) is 19.0. The number of sulfonamides is 1. The molecule has 160 valence electrons. The number of anilines is 1. The van der Waals surface area contributed by atoms with E-state index >= 15 is 0 Å². The fourth-order valence-corrected chi connectivity index (χ4v) is 6.07. The summed E-state index contributed by atoms with van der Waals surface area (Å²) in [6.45, 7) is 8.94. The molecule has 6 nitrogen and oxygen atoms in total. The third-order valence-corrected chi connectivity index (χ3v) is 8.56. The van der Waals surface area contributed by atoms with Gasteiger partial charge in [-0.3, -0.25) is 5.48 Å². The molecule has 0 aromatic heterocycles. The van der Waals surface area contributed by atoms with E-state index in [-0.39, 0.29) is 5.41 Å². The number of fused-ring (bicyclic) bond motifs is 1. The smallest absolute Gasteiger partial charge is 0.243 e. The van der Waals surface area contributed by atoms with Crippen LogP contribution in [0.3, 0.4) is 0 Å². The lowest BCUT2D eigenvalue weighted by Crippen LogP contribution is -2.54. The second kappa shape index (κ2) is 7.11. The first-order chi connectivity index (χ1) is 14.2. The fourth-order valence-electron chi connectivity index (χ4n) is 4.61. The Kier molecular flexibility index (Phi) is 4.96. The van der Waals surface area contributed by atoms with E-state index < -0.39 is 15.7 Å². The SMILES string of the molecule is CCN(CC)S(=O)(=O)c1ccc(C2=C[C@@]3(ON2)N(C)c2ccccc2C3(C)C)cc1. The number of likely N-dealkylation sites (N-methyl/N-ethyl adjacent to an activating group) is 1. The highest BCUT2D eigenvalue weighted by molar-refractivity contribution is 7.89. The van der Waals surface area contributed by atoms with Gasteiger partial charge in [-0.05, 0) is 35.4 Å². The molecule has 2 aromatic carbocycles. The number of benzene rings is 2. The maximum absolute atomic E-state index is 12.7. The van der Waals surface area contributed by atoms with Gasteiger partial charge in [0.25, 0.3) is 0 Å². The van der Waals surface area contributed by atoms with Crippen LogP contribution in [0.1, 0.15) is 38.8 Å². The van der Waals surface area contributed by atoms with Crippen molar-refractivity contribution in [1.82, 2.24) is 9.79 Å². The zero-order valence-electron chi connectivity index (χ0n) is 18.1. The molecular formula is C23H29N3O3S. The monoisotopic (exact) mass is 427 g/mol. The second-order valence-electron chi connectivity index (χ2n) is 8.27. The molecule has 0 radical (unpaired) electrons. The van der Waals surface area contributed by atoms with Crippen LogP contribution in [0, 0.1) is 0 Å². The van der Waals surface area contributed by atoms with Gasteiger partial charge in [-0.2, -0.15) is 4.31 Å². The predicted octanol–water partition coefficient (Wildman–Crippen LogP) is 3.72. The largest absolute Gasteiger partial charge is 0.340 e. The van der Waals surface area contributed by atoms with E-state index in [4.69, 9.17) is 4.84 Å². The molecule has 2 heterocycles. The molecule has 1 atom stereocenters. The molecule has 7 heteroatoms. The van der Waals surface area contributed by atoms with Crippen molar-refractivity contribution in [3.05, 3.63) is 65.7 Å². The zero-order chi connectivity index (χ0) is 21.7. The maximum Gasteiger partial charge on any atom is 0.243 e. The first-order valence-corrected chi connectivity index (χ1v) is 11.7. The van der Waals surface area contributed by atoms with Gasteiger partial charge >= 0.3 is 0 Å². The molecule has 0 unspecified atom stereocenters. The van der Waals surface area contributed by atoms with Crippen LogP contribution in [0.2, 0.25) is 0 Å². The van der Waals surface area contributed by atoms with Crippen LogP contribution in [0.4, 0.5) is 5.69 Å². The van der Waals surface area contributed by atoms with E-state index in [1.54, 1.807) is 12.1 Å². The molecule has 2 aromatic rings. The van der Waals surface area contributed by atoms with Crippen LogP contribution in [-0.2, 0) is 20.3 Å². The number of rotatable bonds is 5. The van der Waals surface area contributed by atoms with E-state index in [1.807, 2.05) is 39.1 Å². The average Bonchev–Trinajstić information content (AvgIpc) is 3.26. The molecule has 1 N–H and O–H groups in total. The highest BCUT2D eigenvalue weighted by atomic mass is 32.2. The van der Waals surface area contributed by atoms with Crippen molar-refractivity contribution in [1.29, 1.82) is 0 Å². The summed E-state index contributed by atoms with van der Waals surface area (Å²) in [5, 5.41) is 0. The van der Waals surface area contributed by atoms with E-state index in [2.05, 4.69) is 48.5 Å². The van der Waals surface area contributed by atoms with Gasteiger partial charge < -0.3 is 4.90 Å². The molecule has 2 aliphatic rings. The minimum Gasteiger partial charge on any atom is -0.340 e. The second-order valence-corrected chi connectivity index (χ2v) is 10.2. The molecule has 0 aliphatic carbocycles. The average molecular weight is 428 g/mol. The van der Waals surface area contributed by atoms with Crippen molar-refractivity contribution in [3.63, 3.8) is 0 Å². The standard InChI is InChI=1S/C23H29N3O3S/c1-6-26(7-2)30(27,28)18-14-12-17(13-15-18)20-16-23(29-24-20)22(3,4)19-10-8-9-11-21(19)25(23)5/h8-16,24H,6-7H2,1-5H3/t23-/m0/s1. The van der Waals surface area contributed by atoms with Crippen LogP contribution in [-0.4, -0.2) is 38.6 Å². The number of hydrogen-bond acceptors (Lipinski definition) is 5. The Bertz CT molecular complexity index is 1090. The third kappa shape index (κ3) is 2.80. The van der Waals surface area contributed by atoms with Crippen molar-refractivity contribution in [2.45, 2.75) is 43.7 Å². The van der Waals surface area contributed by atoms with Crippen molar-refractivity contribution in [2.75, 3.05) is 25.0 Å². The highest BCUT2D eigenvalue weighted by Crippen LogP contribution is 2.54. The van der Waals surface area contributed by atoms with Gasteiger partial charge in [0.2, 0.25) is 10.0 Å². The van der Waals surface area contributed by atoms with Gasteiger partial charge in [0.15, 0.2) is 5.72 Å². The number of nitrogens with one attached hydrogen (secondary N) is 1. The Morgan fingerprint density at radius 2 is 1.67 bits per heavy atom. The third-order valence-electron chi connectivity index (χ3n) is 6.50. The number of hydroxylamine groups is 1. The summed E-state index contributed by atoms with van der Waals surface area (Å²) in [5.74, 6) is 0. The highest BCUT2D eigenvalue weighted by Gasteiger charge is 2.58. The molecular weight excluding hydrogens is 398 g/mol. The van der Waals surface area contributed by atoms with Crippen LogP contribution >= 0.6 is 0 Å². The summed E-state index contributed by atoms with van der Waals surface area (Å²) in [4.78, 5) is 8.66. The lowest BCUT2D eigenvalue weighted by molar-refractivity contribution is -0.0678. The fraction of sp³-hybridized carbons (Fsp3) is 0.391. The van der Waals surface area contributed by atoms with E-state index in [0.717, 1.165) is 16.9 Å².